The molecule has 3 aromatic rings. The Morgan fingerprint density at radius 2 is 1.55 bits per heavy atom. The Morgan fingerprint density at radius 1 is 0.897 bits per heavy atom. The minimum Gasteiger partial charge on any atom is -0.484 e. The van der Waals surface area contributed by atoms with Crippen LogP contribution in [-0.2, 0) is 21.4 Å². The largest absolute Gasteiger partial charge is 0.484 e. The predicted octanol–water partition coefficient (Wildman–Crippen LogP) is 3.95. The Labute approximate surface area is 178 Å². The van der Waals surface area contributed by atoms with Gasteiger partial charge >= 0.3 is 0 Å². The van der Waals surface area contributed by atoms with Crippen LogP contribution in [0.5, 0.6) is 5.75 Å². The fourth-order valence-electron chi connectivity index (χ4n) is 2.45. The number of nitrogens with one attached hydrogen (secondary N) is 2. The molecule has 0 saturated carbocycles. The number of benzene rings is 3. The summed E-state index contributed by atoms with van der Waals surface area (Å²) >= 11 is 3.33. The van der Waals surface area contributed by atoms with Crippen LogP contribution in [0.2, 0.25) is 0 Å². The van der Waals surface area contributed by atoms with Crippen LogP contribution in [0.3, 0.4) is 0 Å². The maximum atomic E-state index is 12.4. The molecule has 0 radical (unpaired) electrons. The van der Waals surface area contributed by atoms with Gasteiger partial charge in [0, 0.05) is 16.7 Å². The third kappa shape index (κ3) is 6.42. The number of halogens is 1. The van der Waals surface area contributed by atoms with Crippen molar-refractivity contribution >= 4 is 37.5 Å². The number of carbonyl (C=O) groups is 1. The highest BCUT2D eigenvalue weighted by Gasteiger charge is 2.14. The molecule has 1 amide bonds. The van der Waals surface area contributed by atoms with Crippen molar-refractivity contribution in [2.45, 2.75) is 11.4 Å². The quantitative estimate of drug-likeness (QED) is 0.517. The molecule has 0 heterocycles. The fraction of sp³-hybridized carbons (Fsp3) is 0.0952. The second-order valence-corrected chi connectivity index (χ2v) is 8.81. The van der Waals surface area contributed by atoms with Gasteiger partial charge in [0.1, 0.15) is 5.75 Å². The third-order valence-corrected chi connectivity index (χ3v) is 5.89. The fourth-order valence-corrected chi connectivity index (χ4v) is 3.73. The van der Waals surface area contributed by atoms with Gasteiger partial charge in [-0.1, -0.05) is 46.3 Å². The van der Waals surface area contributed by atoms with Crippen LogP contribution in [-0.4, -0.2) is 20.9 Å². The van der Waals surface area contributed by atoms with E-state index in [2.05, 4.69) is 26.0 Å². The van der Waals surface area contributed by atoms with Crippen LogP contribution < -0.4 is 14.8 Å². The molecule has 3 aromatic carbocycles. The Morgan fingerprint density at radius 3 is 2.21 bits per heavy atom. The molecule has 29 heavy (non-hydrogen) atoms. The highest BCUT2D eigenvalue weighted by molar-refractivity contribution is 9.10. The second-order valence-electron chi connectivity index (χ2n) is 6.13. The summed E-state index contributed by atoms with van der Waals surface area (Å²) < 4.78 is 33.7. The molecule has 150 valence electrons. The third-order valence-electron chi connectivity index (χ3n) is 3.94. The molecule has 2 N–H and O–H groups in total. The van der Waals surface area contributed by atoms with E-state index in [1.807, 2.05) is 42.5 Å². The van der Waals surface area contributed by atoms with Crippen LogP contribution in [0.25, 0.3) is 0 Å². The first kappa shape index (κ1) is 21.0. The van der Waals surface area contributed by atoms with Gasteiger partial charge in [0.05, 0.1) is 4.90 Å². The summed E-state index contributed by atoms with van der Waals surface area (Å²) in [6, 6.07) is 22.3. The van der Waals surface area contributed by atoms with Gasteiger partial charge in [-0.15, -0.1) is 0 Å². The Kier molecular flexibility index (Phi) is 7.03. The molecule has 0 bridgehead atoms. The standard InChI is InChI=1S/C21H19BrN2O4S/c22-17-6-10-19(11-7-17)28-15-21(25)24-18-8-12-20(13-9-18)29(26,27)23-14-16-4-2-1-3-5-16/h1-13,23H,14-15H2,(H,24,25). The van der Waals surface area contributed by atoms with Crippen molar-refractivity contribution < 1.29 is 17.9 Å². The van der Waals surface area contributed by atoms with E-state index >= 15 is 0 Å². The van der Waals surface area contributed by atoms with E-state index in [0.717, 1.165) is 10.0 Å². The molecule has 0 saturated heterocycles. The van der Waals surface area contributed by atoms with Gasteiger partial charge in [-0.3, -0.25) is 4.79 Å². The summed E-state index contributed by atoms with van der Waals surface area (Å²) in [5, 5.41) is 2.67. The lowest BCUT2D eigenvalue weighted by Crippen LogP contribution is -2.23. The van der Waals surface area contributed by atoms with E-state index in [4.69, 9.17) is 4.74 Å². The molecule has 0 fully saturated rings. The lowest BCUT2D eigenvalue weighted by Gasteiger charge is -2.09. The second kappa shape index (κ2) is 9.69. The van der Waals surface area contributed by atoms with Crippen molar-refractivity contribution in [1.29, 1.82) is 0 Å². The maximum absolute atomic E-state index is 12.4. The minimum absolute atomic E-state index is 0.123. The van der Waals surface area contributed by atoms with Gasteiger partial charge in [-0.25, -0.2) is 13.1 Å². The molecule has 0 aliphatic rings. The number of amides is 1. The van der Waals surface area contributed by atoms with Crippen molar-refractivity contribution in [1.82, 2.24) is 4.72 Å². The van der Waals surface area contributed by atoms with Crippen LogP contribution in [0.15, 0.2) is 88.2 Å². The van der Waals surface area contributed by atoms with Gasteiger partial charge in [0.2, 0.25) is 10.0 Å². The van der Waals surface area contributed by atoms with Crippen LogP contribution in [0, 0.1) is 0 Å². The van der Waals surface area contributed by atoms with E-state index in [1.165, 1.54) is 24.3 Å². The monoisotopic (exact) mass is 474 g/mol. The first-order valence-electron chi connectivity index (χ1n) is 8.74. The summed E-state index contributed by atoms with van der Waals surface area (Å²) in [6.07, 6.45) is 0. The van der Waals surface area contributed by atoms with Crippen LogP contribution in [0.4, 0.5) is 5.69 Å². The first-order chi connectivity index (χ1) is 13.9. The Bertz CT molecular complexity index is 1050. The molecule has 0 aromatic heterocycles. The molecule has 0 aliphatic heterocycles. The summed E-state index contributed by atoms with van der Waals surface area (Å²) in [5.74, 6) is 0.236. The summed E-state index contributed by atoms with van der Waals surface area (Å²) in [5.41, 5.74) is 1.35. The zero-order valence-corrected chi connectivity index (χ0v) is 17.7. The maximum Gasteiger partial charge on any atom is 0.262 e. The topological polar surface area (TPSA) is 84.5 Å². The SMILES string of the molecule is O=C(COc1ccc(Br)cc1)Nc1ccc(S(=O)(=O)NCc2ccccc2)cc1. The zero-order chi connectivity index (χ0) is 20.7. The zero-order valence-electron chi connectivity index (χ0n) is 15.3. The molecule has 0 spiro atoms. The highest BCUT2D eigenvalue weighted by Crippen LogP contribution is 2.17. The molecule has 0 atom stereocenters. The number of sulfonamides is 1. The lowest BCUT2D eigenvalue weighted by atomic mass is 10.2. The number of hydrogen-bond acceptors (Lipinski definition) is 4. The summed E-state index contributed by atoms with van der Waals surface area (Å²) in [4.78, 5) is 12.1. The van der Waals surface area contributed by atoms with Gasteiger partial charge < -0.3 is 10.1 Å². The first-order valence-corrected chi connectivity index (χ1v) is 11.0. The molecule has 0 unspecified atom stereocenters. The van der Waals surface area contributed by atoms with Gasteiger partial charge in [0.15, 0.2) is 6.61 Å². The molecule has 0 aliphatic carbocycles. The average molecular weight is 475 g/mol. The smallest absolute Gasteiger partial charge is 0.262 e. The molecular formula is C21H19BrN2O4S. The van der Waals surface area contributed by atoms with E-state index < -0.39 is 10.0 Å². The lowest BCUT2D eigenvalue weighted by molar-refractivity contribution is -0.118. The summed E-state index contributed by atoms with van der Waals surface area (Å²) in [6.45, 7) is 0.0510. The predicted molar refractivity (Wildman–Crippen MR) is 115 cm³/mol. The van der Waals surface area contributed by atoms with Crippen LogP contribution >= 0.6 is 15.9 Å². The number of anilines is 1. The van der Waals surface area contributed by atoms with Crippen molar-refractivity contribution in [2.75, 3.05) is 11.9 Å². The van der Waals surface area contributed by atoms with E-state index in [1.54, 1.807) is 12.1 Å². The Hall–Kier alpha value is -2.68. The number of rotatable bonds is 8. The van der Waals surface area contributed by atoms with E-state index in [9.17, 15) is 13.2 Å². The van der Waals surface area contributed by atoms with Crippen molar-refractivity contribution in [2.24, 2.45) is 0 Å². The highest BCUT2D eigenvalue weighted by atomic mass is 79.9. The molecule has 3 rings (SSSR count). The normalized spacial score (nSPS) is 11.1. The van der Waals surface area contributed by atoms with E-state index in [0.29, 0.717) is 11.4 Å². The Balaban J connectivity index is 1.53. The molecule has 6 nitrogen and oxygen atoms in total. The molecular weight excluding hydrogens is 456 g/mol. The number of carbonyl (C=O) groups excluding carboxylic acids is 1. The van der Waals surface area contributed by atoms with Crippen molar-refractivity contribution in [3.63, 3.8) is 0 Å². The van der Waals surface area contributed by atoms with Crippen molar-refractivity contribution in [3.05, 3.63) is 88.9 Å². The number of hydrogen-bond donors (Lipinski definition) is 2. The van der Waals surface area contributed by atoms with Gasteiger partial charge in [-0.05, 0) is 54.1 Å². The van der Waals surface area contributed by atoms with Crippen molar-refractivity contribution in [3.8, 4) is 5.75 Å². The van der Waals surface area contributed by atoms with Crippen LogP contribution in [0.1, 0.15) is 5.56 Å². The molecule has 8 heteroatoms. The number of ether oxygens (including phenoxy) is 1. The minimum atomic E-state index is -3.64. The van der Waals surface area contributed by atoms with Gasteiger partial charge in [0.25, 0.3) is 5.91 Å². The van der Waals surface area contributed by atoms with E-state index in [-0.39, 0.29) is 24.0 Å². The summed E-state index contributed by atoms with van der Waals surface area (Å²) in [7, 11) is -3.64. The van der Waals surface area contributed by atoms with Gasteiger partial charge in [-0.2, -0.15) is 0 Å². The average Bonchev–Trinajstić information content (AvgIpc) is 2.73.